The molecular formula is C24H20FN5. The molecular weight excluding hydrogens is 377 g/mol. The lowest BCUT2D eigenvalue weighted by Gasteiger charge is -2.11. The average Bonchev–Trinajstić information content (AvgIpc) is 3.38. The lowest BCUT2D eigenvalue weighted by Crippen LogP contribution is -2.08. The van der Waals surface area contributed by atoms with Gasteiger partial charge in [0.25, 0.3) is 0 Å². The number of nitrogens with zero attached hydrogens (tertiary/aromatic N) is 5. The Hall–Kier alpha value is -3.80. The van der Waals surface area contributed by atoms with Crippen LogP contribution in [0.25, 0.3) is 33.5 Å². The standard InChI is InChI=1S/C24H20FN5/c1-2-30-22-7-6-20(25)15-21(22)28-23(30)16-29-13-12-27-24(29)19-5-3-4-18(14-19)17-8-10-26-11-9-17/h3-15H,2,16H2,1H3. The topological polar surface area (TPSA) is 48.5 Å². The first-order chi connectivity index (χ1) is 14.7. The molecule has 5 nitrogen and oxygen atoms in total. The molecule has 3 heterocycles. The highest BCUT2D eigenvalue weighted by atomic mass is 19.1. The highest BCUT2D eigenvalue weighted by molar-refractivity contribution is 5.76. The Morgan fingerprint density at radius 1 is 0.900 bits per heavy atom. The van der Waals surface area contributed by atoms with E-state index in [1.807, 2.05) is 24.4 Å². The molecule has 5 aromatic rings. The molecule has 0 saturated heterocycles. The second kappa shape index (κ2) is 7.55. The van der Waals surface area contributed by atoms with Gasteiger partial charge in [-0.1, -0.05) is 18.2 Å². The van der Waals surface area contributed by atoms with Gasteiger partial charge in [0, 0.05) is 43.0 Å². The molecule has 0 atom stereocenters. The summed E-state index contributed by atoms with van der Waals surface area (Å²) in [6, 6.07) is 17.0. The Morgan fingerprint density at radius 2 is 1.73 bits per heavy atom. The van der Waals surface area contributed by atoms with Crippen molar-refractivity contribution in [3.8, 4) is 22.5 Å². The largest absolute Gasteiger partial charge is 0.327 e. The number of halogens is 1. The molecule has 0 amide bonds. The number of aryl methyl sites for hydroxylation is 1. The van der Waals surface area contributed by atoms with Crippen LogP contribution in [0.2, 0.25) is 0 Å². The number of benzene rings is 2. The zero-order valence-corrected chi connectivity index (χ0v) is 16.5. The van der Waals surface area contributed by atoms with Gasteiger partial charge < -0.3 is 9.13 Å². The molecule has 148 valence electrons. The van der Waals surface area contributed by atoms with E-state index in [1.54, 1.807) is 24.7 Å². The Kier molecular flexibility index (Phi) is 4.59. The van der Waals surface area contributed by atoms with Crippen LogP contribution in [0.15, 0.2) is 79.4 Å². The molecule has 3 aromatic heterocycles. The number of aromatic nitrogens is 5. The Bertz CT molecular complexity index is 1320. The van der Waals surface area contributed by atoms with Gasteiger partial charge in [0.05, 0.1) is 17.6 Å². The minimum Gasteiger partial charge on any atom is -0.327 e. The van der Waals surface area contributed by atoms with Crippen LogP contribution in [0.3, 0.4) is 0 Å². The summed E-state index contributed by atoms with van der Waals surface area (Å²) in [6.45, 7) is 3.39. The molecule has 0 bridgehead atoms. The molecule has 2 aromatic carbocycles. The number of pyridine rings is 1. The zero-order valence-electron chi connectivity index (χ0n) is 16.5. The van der Waals surface area contributed by atoms with E-state index >= 15 is 0 Å². The second-order valence-corrected chi connectivity index (χ2v) is 7.10. The Balaban J connectivity index is 1.53. The van der Waals surface area contributed by atoms with E-state index in [0.717, 1.165) is 40.4 Å². The van der Waals surface area contributed by atoms with Crippen LogP contribution in [-0.4, -0.2) is 24.1 Å². The Morgan fingerprint density at radius 3 is 2.57 bits per heavy atom. The zero-order chi connectivity index (χ0) is 20.5. The maximum absolute atomic E-state index is 13.7. The van der Waals surface area contributed by atoms with Gasteiger partial charge >= 0.3 is 0 Å². The molecule has 0 spiro atoms. The van der Waals surface area contributed by atoms with Crippen LogP contribution in [-0.2, 0) is 13.1 Å². The Labute approximate surface area is 173 Å². The number of hydrogen-bond acceptors (Lipinski definition) is 3. The van der Waals surface area contributed by atoms with Gasteiger partial charge in [-0.25, -0.2) is 14.4 Å². The minimum atomic E-state index is -0.272. The highest BCUT2D eigenvalue weighted by Gasteiger charge is 2.14. The van der Waals surface area contributed by atoms with E-state index in [0.29, 0.717) is 12.1 Å². The fourth-order valence-corrected chi connectivity index (χ4v) is 3.86. The third-order valence-corrected chi connectivity index (χ3v) is 5.27. The van der Waals surface area contributed by atoms with E-state index in [-0.39, 0.29) is 5.82 Å². The number of rotatable bonds is 5. The number of fused-ring (bicyclic) bond motifs is 1. The van der Waals surface area contributed by atoms with Crippen LogP contribution in [0.5, 0.6) is 0 Å². The molecule has 0 radical (unpaired) electrons. The number of hydrogen-bond donors (Lipinski definition) is 0. The number of imidazole rings is 2. The molecule has 0 aliphatic rings. The van der Waals surface area contributed by atoms with E-state index in [2.05, 4.69) is 49.2 Å². The summed E-state index contributed by atoms with van der Waals surface area (Å²) >= 11 is 0. The summed E-state index contributed by atoms with van der Waals surface area (Å²) in [5, 5.41) is 0. The van der Waals surface area contributed by atoms with Crippen LogP contribution < -0.4 is 0 Å². The van der Waals surface area contributed by atoms with Gasteiger partial charge in [-0.3, -0.25) is 4.98 Å². The molecule has 6 heteroatoms. The quantitative estimate of drug-likeness (QED) is 0.411. The van der Waals surface area contributed by atoms with E-state index in [9.17, 15) is 4.39 Å². The fraction of sp³-hybridized carbons (Fsp3) is 0.125. The summed E-state index contributed by atoms with van der Waals surface area (Å²) < 4.78 is 17.8. The highest BCUT2D eigenvalue weighted by Crippen LogP contribution is 2.26. The summed E-state index contributed by atoms with van der Waals surface area (Å²) in [7, 11) is 0. The van der Waals surface area contributed by atoms with Crippen molar-refractivity contribution >= 4 is 11.0 Å². The summed E-state index contributed by atoms with van der Waals surface area (Å²) in [6.07, 6.45) is 7.34. The van der Waals surface area contributed by atoms with E-state index in [4.69, 9.17) is 0 Å². The third-order valence-electron chi connectivity index (χ3n) is 5.27. The molecule has 0 fully saturated rings. The van der Waals surface area contributed by atoms with Crippen molar-refractivity contribution in [2.24, 2.45) is 0 Å². The second-order valence-electron chi connectivity index (χ2n) is 7.10. The van der Waals surface area contributed by atoms with Crippen molar-refractivity contribution in [1.82, 2.24) is 24.1 Å². The SMILES string of the molecule is CCn1c(Cn2ccnc2-c2cccc(-c3ccncc3)c2)nc2cc(F)ccc21. The maximum Gasteiger partial charge on any atom is 0.140 e. The van der Waals surface area contributed by atoms with Gasteiger partial charge in [0.1, 0.15) is 17.5 Å². The summed E-state index contributed by atoms with van der Waals surface area (Å²) in [5.41, 5.74) is 4.86. The van der Waals surface area contributed by atoms with Crippen molar-refractivity contribution in [3.63, 3.8) is 0 Å². The first kappa shape index (κ1) is 18.2. The van der Waals surface area contributed by atoms with Crippen molar-refractivity contribution in [2.45, 2.75) is 20.0 Å². The predicted molar refractivity (Wildman–Crippen MR) is 115 cm³/mol. The van der Waals surface area contributed by atoms with Crippen molar-refractivity contribution in [3.05, 3.63) is 91.0 Å². The van der Waals surface area contributed by atoms with Crippen LogP contribution in [0.4, 0.5) is 4.39 Å². The average molecular weight is 397 g/mol. The lowest BCUT2D eigenvalue weighted by molar-refractivity contribution is 0.629. The molecule has 0 saturated carbocycles. The first-order valence-electron chi connectivity index (χ1n) is 9.89. The normalized spacial score (nSPS) is 11.3. The van der Waals surface area contributed by atoms with Gasteiger partial charge in [0.15, 0.2) is 0 Å². The van der Waals surface area contributed by atoms with Crippen molar-refractivity contribution in [2.75, 3.05) is 0 Å². The van der Waals surface area contributed by atoms with Crippen LogP contribution in [0.1, 0.15) is 12.7 Å². The van der Waals surface area contributed by atoms with Gasteiger partial charge in [-0.15, -0.1) is 0 Å². The molecule has 0 aliphatic carbocycles. The van der Waals surface area contributed by atoms with Gasteiger partial charge in [-0.2, -0.15) is 0 Å². The van der Waals surface area contributed by atoms with Gasteiger partial charge in [-0.05, 0) is 48.4 Å². The van der Waals surface area contributed by atoms with Crippen LogP contribution in [0, 0.1) is 5.82 Å². The van der Waals surface area contributed by atoms with Gasteiger partial charge in [0.2, 0.25) is 0 Å². The monoisotopic (exact) mass is 397 g/mol. The minimum absolute atomic E-state index is 0.272. The first-order valence-corrected chi connectivity index (χ1v) is 9.89. The predicted octanol–water partition coefficient (Wildman–Crippen LogP) is 5.17. The van der Waals surface area contributed by atoms with E-state index in [1.165, 1.54) is 12.1 Å². The molecule has 30 heavy (non-hydrogen) atoms. The summed E-state index contributed by atoms with van der Waals surface area (Å²) in [4.78, 5) is 13.4. The van der Waals surface area contributed by atoms with E-state index < -0.39 is 0 Å². The van der Waals surface area contributed by atoms with Crippen LogP contribution >= 0.6 is 0 Å². The van der Waals surface area contributed by atoms with Crippen molar-refractivity contribution < 1.29 is 4.39 Å². The smallest absolute Gasteiger partial charge is 0.140 e. The molecule has 0 aliphatic heterocycles. The third kappa shape index (κ3) is 3.26. The maximum atomic E-state index is 13.7. The summed E-state index contributed by atoms with van der Waals surface area (Å²) in [5.74, 6) is 1.47. The lowest BCUT2D eigenvalue weighted by atomic mass is 10.0. The fourth-order valence-electron chi connectivity index (χ4n) is 3.86. The molecule has 0 unspecified atom stereocenters. The van der Waals surface area contributed by atoms with Crippen molar-refractivity contribution in [1.29, 1.82) is 0 Å². The molecule has 5 rings (SSSR count). The molecule has 0 N–H and O–H groups in total.